The number of nitriles is 1. The van der Waals surface area contributed by atoms with Gasteiger partial charge in [-0.15, -0.1) is 0 Å². The molecule has 3 heterocycles. The molecule has 4 rings (SSSR count). The zero-order valence-corrected chi connectivity index (χ0v) is 16.3. The van der Waals surface area contributed by atoms with Gasteiger partial charge < -0.3 is 4.74 Å². The lowest BCUT2D eigenvalue weighted by Crippen LogP contribution is -2.10. The van der Waals surface area contributed by atoms with E-state index in [2.05, 4.69) is 16.2 Å². The van der Waals surface area contributed by atoms with Crippen LogP contribution in [0.3, 0.4) is 0 Å². The number of carbonyl (C=O) groups is 2. The number of benzene rings is 1. The van der Waals surface area contributed by atoms with Crippen LogP contribution < -0.4 is 0 Å². The second-order valence-corrected chi connectivity index (χ2v) is 6.68. The van der Waals surface area contributed by atoms with Gasteiger partial charge in [0.2, 0.25) is 5.78 Å². The number of carbonyl (C=O) groups excluding carboxylic acids is 2. The monoisotopic (exact) mass is 396 g/mol. The second-order valence-electron chi connectivity index (χ2n) is 6.68. The van der Waals surface area contributed by atoms with Crippen LogP contribution in [0.25, 0.3) is 16.8 Å². The van der Waals surface area contributed by atoms with Crippen molar-refractivity contribution in [3.8, 4) is 17.3 Å². The summed E-state index contributed by atoms with van der Waals surface area (Å²) in [5.74, 6) is -0.980. The van der Waals surface area contributed by atoms with Crippen LogP contribution in [0.5, 0.6) is 0 Å². The van der Waals surface area contributed by atoms with Crippen LogP contribution >= 0.6 is 0 Å². The Morgan fingerprint density at radius 3 is 2.47 bits per heavy atom. The molecular weight excluding hydrogens is 380 g/mol. The van der Waals surface area contributed by atoms with Crippen molar-refractivity contribution in [2.24, 2.45) is 0 Å². The van der Waals surface area contributed by atoms with Gasteiger partial charge in [0.15, 0.2) is 0 Å². The Labute approximate surface area is 172 Å². The van der Waals surface area contributed by atoms with E-state index in [0.717, 1.165) is 5.56 Å². The van der Waals surface area contributed by atoms with E-state index in [9.17, 15) is 9.59 Å². The first-order valence-corrected chi connectivity index (χ1v) is 9.11. The molecule has 0 unspecified atom stereocenters. The molecule has 0 aliphatic rings. The van der Waals surface area contributed by atoms with E-state index in [1.165, 1.54) is 13.2 Å². The number of aryl methyl sites for hydroxylation is 1. The number of fused-ring (bicyclic) bond motifs is 1. The summed E-state index contributed by atoms with van der Waals surface area (Å²) in [6, 6.07) is 17.3. The molecule has 7 nitrogen and oxygen atoms in total. The van der Waals surface area contributed by atoms with E-state index < -0.39 is 5.97 Å². The molecule has 0 saturated carbocycles. The molecule has 3 aromatic heterocycles. The maximum absolute atomic E-state index is 13.5. The summed E-state index contributed by atoms with van der Waals surface area (Å²) in [6.07, 6.45) is 1.83. The molecule has 0 fully saturated rings. The molecule has 0 bridgehead atoms. The van der Waals surface area contributed by atoms with Gasteiger partial charge in [0.05, 0.1) is 29.8 Å². The fourth-order valence-electron chi connectivity index (χ4n) is 3.19. The minimum atomic E-state index is -0.618. The van der Waals surface area contributed by atoms with Crippen LogP contribution in [-0.2, 0) is 4.74 Å². The zero-order valence-electron chi connectivity index (χ0n) is 16.3. The molecule has 0 spiro atoms. The number of esters is 1. The summed E-state index contributed by atoms with van der Waals surface area (Å²) < 4.78 is 6.36. The number of nitrogens with zero attached hydrogens (tertiary/aromatic N) is 4. The standard InChI is InChI=1S/C23H16N4O3/c1-14-6-11-19-20(22(28)17-4-3-5-18(25-17)23(29)30-2)21(26-27(19)13-14)16-9-7-15(12-24)8-10-16/h3-11,13H,1-2H3. The normalized spacial score (nSPS) is 10.6. The van der Waals surface area contributed by atoms with Gasteiger partial charge in [-0.1, -0.05) is 24.3 Å². The van der Waals surface area contributed by atoms with Crippen molar-refractivity contribution < 1.29 is 14.3 Å². The Morgan fingerprint density at radius 2 is 1.77 bits per heavy atom. The third-order valence-electron chi connectivity index (χ3n) is 4.67. The molecule has 146 valence electrons. The van der Waals surface area contributed by atoms with Gasteiger partial charge in [0.1, 0.15) is 17.1 Å². The molecule has 0 atom stereocenters. The average Bonchev–Trinajstić information content (AvgIpc) is 3.16. The van der Waals surface area contributed by atoms with Gasteiger partial charge in [-0.2, -0.15) is 10.4 Å². The number of hydrogen-bond acceptors (Lipinski definition) is 6. The van der Waals surface area contributed by atoms with E-state index in [1.807, 2.05) is 25.3 Å². The van der Waals surface area contributed by atoms with Crippen LogP contribution in [0.2, 0.25) is 0 Å². The molecule has 1 aromatic carbocycles. The summed E-state index contributed by atoms with van der Waals surface area (Å²) in [7, 11) is 1.26. The SMILES string of the molecule is COC(=O)c1cccc(C(=O)c2c(-c3ccc(C#N)cc3)nn3cc(C)ccc23)n1. The van der Waals surface area contributed by atoms with Gasteiger partial charge >= 0.3 is 5.97 Å². The topological polar surface area (TPSA) is 97.3 Å². The molecule has 0 aliphatic heterocycles. The first kappa shape index (κ1) is 19.0. The Balaban J connectivity index is 1.91. The lowest BCUT2D eigenvalue weighted by molar-refractivity contribution is 0.0594. The quantitative estimate of drug-likeness (QED) is 0.386. The van der Waals surface area contributed by atoms with E-state index in [4.69, 9.17) is 10.00 Å². The van der Waals surface area contributed by atoms with E-state index >= 15 is 0 Å². The molecule has 7 heteroatoms. The average molecular weight is 396 g/mol. The van der Waals surface area contributed by atoms with Crippen molar-refractivity contribution in [3.05, 3.63) is 88.9 Å². The number of methoxy groups -OCH3 is 1. The predicted molar refractivity (Wildman–Crippen MR) is 109 cm³/mol. The summed E-state index contributed by atoms with van der Waals surface area (Å²) in [6.45, 7) is 1.94. The van der Waals surface area contributed by atoms with Crippen LogP contribution in [-0.4, -0.2) is 33.5 Å². The van der Waals surface area contributed by atoms with Gasteiger partial charge in [-0.25, -0.2) is 14.3 Å². The first-order chi connectivity index (χ1) is 14.5. The first-order valence-electron chi connectivity index (χ1n) is 9.11. The summed E-state index contributed by atoms with van der Waals surface area (Å²) in [5, 5.41) is 13.7. The molecular formula is C23H16N4O3. The minimum absolute atomic E-state index is 0.0515. The third-order valence-corrected chi connectivity index (χ3v) is 4.67. The van der Waals surface area contributed by atoms with Crippen LogP contribution in [0.15, 0.2) is 60.8 Å². The van der Waals surface area contributed by atoms with Gasteiger partial charge in [-0.05, 0) is 42.8 Å². The highest BCUT2D eigenvalue weighted by atomic mass is 16.5. The smallest absolute Gasteiger partial charge is 0.356 e. The molecule has 0 radical (unpaired) electrons. The number of aromatic nitrogens is 3. The van der Waals surface area contributed by atoms with Crippen LogP contribution in [0.1, 0.15) is 37.7 Å². The minimum Gasteiger partial charge on any atom is -0.464 e. The Morgan fingerprint density at radius 1 is 1.03 bits per heavy atom. The second kappa shape index (κ2) is 7.60. The van der Waals surface area contributed by atoms with E-state index in [1.54, 1.807) is 40.9 Å². The Bertz CT molecular complexity index is 1330. The number of ether oxygens (including phenoxy) is 1. The van der Waals surface area contributed by atoms with Gasteiger partial charge in [-0.3, -0.25) is 4.79 Å². The molecule has 30 heavy (non-hydrogen) atoms. The number of pyridine rings is 2. The predicted octanol–water partition coefficient (Wildman–Crippen LogP) is 3.59. The van der Waals surface area contributed by atoms with Crippen molar-refractivity contribution in [1.82, 2.24) is 14.6 Å². The molecule has 0 amide bonds. The summed E-state index contributed by atoms with van der Waals surface area (Å²) in [5.41, 5.74) is 3.83. The highest BCUT2D eigenvalue weighted by Crippen LogP contribution is 2.29. The zero-order chi connectivity index (χ0) is 21.3. The van der Waals surface area contributed by atoms with Crippen molar-refractivity contribution >= 4 is 17.3 Å². The lowest BCUT2D eigenvalue weighted by Gasteiger charge is -2.05. The highest BCUT2D eigenvalue weighted by Gasteiger charge is 2.24. The summed E-state index contributed by atoms with van der Waals surface area (Å²) in [4.78, 5) is 29.5. The van der Waals surface area contributed by atoms with Crippen molar-refractivity contribution in [3.63, 3.8) is 0 Å². The fourth-order valence-corrected chi connectivity index (χ4v) is 3.19. The van der Waals surface area contributed by atoms with Crippen molar-refractivity contribution in [1.29, 1.82) is 5.26 Å². The maximum Gasteiger partial charge on any atom is 0.356 e. The Kier molecular flexibility index (Phi) is 4.82. The molecule has 4 aromatic rings. The van der Waals surface area contributed by atoms with Crippen molar-refractivity contribution in [2.75, 3.05) is 7.11 Å². The number of ketones is 1. The molecule has 0 aliphatic carbocycles. The largest absolute Gasteiger partial charge is 0.464 e. The Hall–Kier alpha value is -4.31. The third kappa shape index (κ3) is 3.31. The maximum atomic E-state index is 13.5. The van der Waals surface area contributed by atoms with Crippen LogP contribution in [0.4, 0.5) is 0 Å². The van der Waals surface area contributed by atoms with E-state index in [0.29, 0.717) is 27.9 Å². The fraction of sp³-hybridized carbons (Fsp3) is 0.0870. The summed E-state index contributed by atoms with van der Waals surface area (Å²) >= 11 is 0. The number of hydrogen-bond donors (Lipinski definition) is 0. The molecule has 0 N–H and O–H groups in total. The van der Waals surface area contributed by atoms with Crippen molar-refractivity contribution in [2.45, 2.75) is 6.92 Å². The van der Waals surface area contributed by atoms with Crippen LogP contribution in [0, 0.1) is 18.3 Å². The number of rotatable bonds is 4. The van der Waals surface area contributed by atoms with Gasteiger partial charge in [0, 0.05) is 11.8 Å². The molecule has 0 saturated heterocycles. The highest BCUT2D eigenvalue weighted by molar-refractivity contribution is 6.16. The lowest BCUT2D eigenvalue weighted by atomic mass is 10.00. The van der Waals surface area contributed by atoms with Gasteiger partial charge in [0.25, 0.3) is 0 Å². The van der Waals surface area contributed by atoms with E-state index in [-0.39, 0.29) is 17.2 Å².